The van der Waals surface area contributed by atoms with E-state index in [9.17, 15) is 4.79 Å². The van der Waals surface area contributed by atoms with Crippen LogP contribution in [0, 0.1) is 0 Å². The van der Waals surface area contributed by atoms with Gasteiger partial charge in [-0.2, -0.15) is 0 Å². The molecule has 0 aliphatic carbocycles. The molecule has 0 aromatic carbocycles. The highest BCUT2D eigenvalue weighted by Crippen LogP contribution is 2.05. The molecule has 0 aromatic rings. The van der Waals surface area contributed by atoms with Crippen molar-refractivity contribution in [2.45, 2.75) is 12.5 Å². The van der Waals surface area contributed by atoms with Crippen LogP contribution in [-0.4, -0.2) is 37.0 Å². The number of nitrogens with zero attached hydrogens (tertiary/aromatic N) is 1. The Balaban J connectivity index is 2.45. The van der Waals surface area contributed by atoms with Gasteiger partial charge in [0.25, 0.3) is 0 Å². The molecule has 0 saturated carbocycles. The van der Waals surface area contributed by atoms with Crippen LogP contribution >= 0.6 is 0 Å². The van der Waals surface area contributed by atoms with Gasteiger partial charge in [0.2, 0.25) is 5.91 Å². The van der Waals surface area contributed by atoms with E-state index >= 15 is 0 Å². The Morgan fingerprint density at radius 2 is 2.55 bits per heavy atom. The van der Waals surface area contributed by atoms with Crippen molar-refractivity contribution in [2.24, 2.45) is 0 Å². The molecule has 3 heteroatoms. The van der Waals surface area contributed by atoms with Crippen molar-refractivity contribution in [3.63, 3.8) is 0 Å². The quantitative estimate of drug-likeness (QED) is 0.567. The number of amides is 1. The van der Waals surface area contributed by atoms with E-state index in [0.29, 0.717) is 6.04 Å². The minimum absolute atomic E-state index is 0.0127. The number of hydrogen-bond acceptors (Lipinski definition) is 2. The van der Waals surface area contributed by atoms with E-state index in [-0.39, 0.29) is 5.91 Å². The van der Waals surface area contributed by atoms with Crippen LogP contribution in [0.5, 0.6) is 0 Å². The molecule has 1 rings (SSSR count). The van der Waals surface area contributed by atoms with Gasteiger partial charge >= 0.3 is 0 Å². The lowest BCUT2D eigenvalue weighted by molar-refractivity contribution is -0.126. The van der Waals surface area contributed by atoms with Crippen molar-refractivity contribution in [1.29, 1.82) is 0 Å². The van der Waals surface area contributed by atoms with Crippen LogP contribution in [0.4, 0.5) is 0 Å². The second-order valence-electron chi connectivity index (χ2n) is 2.80. The van der Waals surface area contributed by atoms with Crippen molar-refractivity contribution < 1.29 is 4.79 Å². The number of hydrogen-bond donors (Lipinski definition) is 1. The van der Waals surface area contributed by atoms with Gasteiger partial charge < -0.3 is 10.2 Å². The topological polar surface area (TPSA) is 32.3 Å². The minimum Gasteiger partial charge on any atom is -0.338 e. The molecular weight excluding hydrogens is 140 g/mol. The zero-order chi connectivity index (χ0) is 8.27. The normalized spacial score (nSPS) is 23.2. The third kappa shape index (κ3) is 1.80. The molecule has 1 atom stereocenters. The first-order chi connectivity index (χ1) is 5.25. The summed E-state index contributed by atoms with van der Waals surface area (Å²) in [6, 6.07) is 0.362. The van der Waals surface area contributed by atoms with Gasteiger partial charge in [0, 0.05) is 19.6 Å². The minimum atomic E-state index is 0.0127. The first-order valence-corrected chi connectivity index (χ1v) is 3.85. The van der Waals surface area contributed by atoms with E-state index in [1.807, 2.05) is 7.05 Å². The van der Waals surface area contributed by atoms with E-state index in [2.05, 4.69) is 11.9 Å². The van der Waals surface area contributed by atoms with Crippen LogP contribution in [0.2, 0.25) is 0 Å². The lowest BCUT2D eigenvalue weighted by Crippen LogP contribution is -2.37. The summed E-state index contributed by atoms with van der Waals surface area (Å²) < 4.78 is 0. The van der Waals surface area contributed by atoms with Crippen LogP contribution in [0.15, 0.2) is 12.7 Å². The lowest BCUT2D eigenvalue weighted by atomic mass is 10.2. The fourth-order valence-corrected chi connectivity index (χ4v) is 1.29. The zero-order valence-corrected chi connectivity index (χ0v) is 6.84. The molecule has 1 unspecified atom stereocenters. The molecule has 0 radical (unpaired) electrons. The molecule has 1 saturated heterocycles. The number of nitrogens with one attached hydrogen (secondary N) is 1. The Hall–Kier alpha value is -0.830. The second-order valence-corrected chi connectivity index (χ2v) is 2.80. The Kier molecular flexibility index (Phi) is 2.65. The van der Waals surface area contributed by atoms with Gasteiger partial charge in [-0.3, -0.25) is 4.79 Å². The van der Waals surface area contributed by atoms with Gasteiger partial charge in [0.15, 0.2) is 0 Å². The average Bonchev–Trinajstić information content (AvgIpc) is 2.53. The Morgan fingerprint density at radius 1 is 1.82 bits per heavy atom. The lowest BCUT2D eigenvalue weighted by Gasteiger charge is -2.21. The number of rotatable bonds is 2. The fraction of sp³-hybridized carbons (Fsp3) is 0.625. The van der Waals surface area contributed by atoms with Gasteiger partial charge in [-0.15, -0.1) is 0 Å². The summed E-state index contributed by atoms with van der Waals surface area (Å²) in [6.45, 7) is 5.37. The SMILES string of the molecule is C=CC(=O)N(C)C1CCNC1. The van der Waals surface area contributed by atoms with Crippen molar-refractivity contribution >= 4 is 5.91 Å². The summed E-state index contributed by atoms with van der Waals surface area (Å²) in [5.74, 6) is 0.0127. The van der Waals surface area contributed by atoms with Gasteiger partial charge in [0.1, 0.15) is 0 Å². The van der Waals surface area contributed by atoms with Crippen molar-refractivity contribution in [2.75, 3.05) is 20.1 Å². The third-order valence-corrected chi connectivity index (χ3v) is 2.10. The van der Waals surface area contributed by atoms with E-state index < -0.39 is 0 Å². The molecule has 1 aliphatic rings. The molecule has 0 spiro atoms. The smallest absolute Gasteiger partial charge is 0.245 e. The summed E-state index contributed by atoms with van der Waals surface area (Å²) in [4.78, 5) is 12.8. The maximum atomic E-state index is 11.1. The Bertz CT molecular complexity index is 161. The van der Waals surface area contributed by atoms with Crippen LogP contribution in [0.25, 0.3) is 0 Å². The molecular formula is C8H14N2O. The first-order valence-electron chi connectivity index (χ1n) is 3.85. The van der Waals surface area contributed by atoms with Crippen molar-refractivity contribution in [3.8, 4) is 0 Å². The zero-order valence-electron chi connectivity index (χ0n) is 6.84. The van der Waals surface area contributed by atoms with Crippen LogP contribution < -0.4 is 5.32 Å². The number of carbonyl (C=O) groups excluding carboxylic acids is 1. The van der Waals surface area contributed by atoms with E-state index in [1.165, 1.54) is 6.08 Å². The molecule has 0 bridgehead atoms. The molecule has 0 aromatic heterocycles. The summed E-state index contributed by atoms with van der Waals surface area (Å²) in [7, 11) is 1.82. The Morgan fingerprint density at radius 3 is 3.00 bits per heavy atom. The fourth-order valence-electron chi connectivity index (χ4n) is 1.29. The summed E-state index contributed by atoms with van der Waals surface area (Å²) in [6.07, 6.45) is 2.41. The van der Waals surface area contributed by atoms with E-state index in [0.717, 1.165) is 19.5 Å². The van der Waals surface area contributed by atoms with Crippen LogP contribution in [-0.2, 0) is 4.79 Å². The van der Waals surface area contributed by atoms with Gasteiger partial charge in [-0.05, 0) is 19.0 Å². The highest BCUT2D eigenvalue weighted by atomic mass is 16.2. The number of carbonyl (C=O) groups is 1. The monoisotopic (exact) mass is 154 g/mol. The highest BCUT2D eigenvalue weighted by Gasteiger charge is 2.20. The Labute approximate surface area is 67.1 Å². The van der Waals surface area contributed by atoms with Crippen LogP contribution in [0.1, 0.15) is 6.42 Å². The highest BCUT2D eigenvalue weighted by molar-refractivity contribution is 5.87. The average molecular weight is 154 g/mol. The van der Waals surface area contributed by atoms with Crippen molar-refractivity contribution in [1.82, 2.24) is 10.2 Å². The largest absolute Gasteiger partial charge is 0.338 e. The third-order valence-electron chi connectivity index (χ3n) is 2.10. The molecule has 1 amide bonds. The van der Waals surface area contributed by atoms with Crippen LogP contribution in [0.3, 0.4) is 0 Å². The summed E-state index contributed by atoms with van der Waals surface area (Å²) in [5, 5.41) is 3.20. The van der Waals surface area contributed by atoms with Gasteiger partial charge in [0.05, 0.1) is 0 Å². The first kappa shape index (κ1) is 8.27. The number of likely N-dealkylation sites (N-methyl/N-ethyl adjacent to an activating group) is 1. The molecule has 1 heterocycles. The van der Waals surface area contributed by atoms with Gasteiger partial charge in [-0.25, -0.2) is 0 Å². The maximum absolute atomic E-state index is 11.1. The summed E-state index contributed by atoms with van der Waals surface area (Å²) in [5.41, 5.74) is 0. The standard InChI is InChI=1S/C8H14N2O/c1-3-8(11)10(2)7-4-5-9-6-7/h3,7,9H,1,4-6H2,2H3. The summed E-state index contributed by atoms with van der Waals surface area (Å²) >= 11 is 0. The van der Waals surface area contributed by atoms with Crippen molar-refractivity contribution in [3.05, 3.63) is 12.7 Å². The van der Waals surface area contributed by atoms with E-state index in [4.69, 9.17) is 0 Å². The molecule has 62 valence electrons. The maximum Gasteiger partial charge on any atom is 0.245 e. The van der Waals surface area contributed by atoms with Gasteiger partial charge in [-0.1, -0.05) is 6.58 Å². The second kappa shape index (κ2) is 3.53. The molecule has 1 fully saturated rings. The molecule has 1 aliphatic heterocycles. The molecule has 1 N–H and O–H groups in total. The van der Waals surface area contributed by atoms with E-state index in [1.54, 1.807) is 4.90 Å². The predicted molar refractivity (Wildman–Crippen MR) is 44.2 cm³/mol. The molecule has 3 nitrogen and oxygen atoms in total. The predicted octanol–water partition coefficient (Wildman–Crippen LogP) is -0.00730. The molecule has 11 heavy (non-hydrogen) atoms.